The van der Waals surface area contributed by atoms with E-state index in [1.807, 2.05) is 13.0 Å². The van der Waals surface area contributed by atoms with E-state index in [0.29, 0.717) is 33.5 Å². The standard InChI is InChI=1S/C17H16N2O3S/c1-4-21-17(20)15-10(3)19-16(23-15)12-6-11-5-9(2)22-14(11)13(7-12)8-18/h6-7,9H,4-5H2,1-3H3. The molecule has 1 unspecified atom stereocenters. The van der Waals surface area contributed by atoms with E-state index >= 15 is 0 Å². The zero-order chi connectivity index (χ0) is 16.6. The van der Waals surface area contributed by atoms with Gasteiger partial charge in [-0.15, -0.1) is 11.3 Å². The molecule has 1 aromatic carbocycles. The number of rotatable bonds is 3. The van der Waals surface area contributed by atoms with Crippen LogP contribution in [-0.4, -0.2) is 23.7 Å². The number of carbonyl (C=O) groups is 1. The number of thiazole rings is 1. The van der Waals surface area contributed by atoms with E-state index in [1.165, 1.54) is 11.3 Å². The maximum Gasteiger partial charge on any atom is 0.350 e. The highest BCUT2D eigenvalue weighted by atomic mass is 32.1. The number of fused-ring (bicyclic) bond motifs is 1. The minimum Gasteiger partial charge on any atom is -0.489 e. The molecule has 1 aliphatic heterocycles. The maximum atomic E-state index is 11.9. The zero-order valence-corrected chi connectivity index (χ0v) is 14.0. The highest BCUT2D eigenvalue weighted by Gasteiger charge is 2.25. The lowest BCUT2D eigenvalue weighted by Crippen LogP contribution is -2.05. The first kappa shape index (κ1) is 15.5. The average molecular weight is 328 g/mol. The summed E-state index contributed by atoms with van der Waals surface area (Å²) in [5, 5.41) is 10.1. The van der Waals surface area contributed by atoms with Crippen LogP contribution in [0.4, 0.5) is 0 Å². The zero-order valence-electron chi connectivity index (χ0n) is 13.2. The number of nitriles is 1. The van der Waals surface area contributed by atoms with Crippen LogP contribution in [0.5, 0.6) is 5.75 Å². The van der Waals surface area contributed by atoms with Crippen LogP contribution < -0.4 is 4.74 Å². The van der Waals surface area contributed by atoms with Crippen molar-refractivity contribution in [1.29, 1.82) is 5.26 Å². The fraction of sp³-hybridized carbons (Fsp3) is 0.353. The van der Waals surface area contributed by atoms with E-state index < -0.39 is 0 Å². The fourth-order valence-corrected chi connectivity index (χ4v) is 3.59. The third-order valence-electron chi connectivity index (χ3n) is 3.62. The van der Waals surface area contributed by atoms with Crippen LogP contribution in [0, 0.1) is 18.3 Å². The van der Waals surface area contributed by atoms with Gasteiger partial charge in [0.25, 0.3) is 0 Å². The number of hydrogen-bond donors (Lipinski definition) is 0. The Morgan fingerprint density at radius 2 is 2.35 bits per heavy atom. The van der Waals surface area contributed by atoms with Crippen LogP contribution >= 0.6 is 11.3 Å². The van der Waals surface area contributed by atoms with Crippen molar-refractivity contribution in [2.45, 2.75) is 33.3 Å². The quantitative estimate of drug-likeness (QED) is 0.807. The summed E-state index contributed by atoms with van der Waals surface area (Å²) in [5.74, 6) is 0.315. The lowest BCUT2D eigenvalue weighted by Gasteiger charge is -2.05. The molecule has 1 aromatic heterocycles. The van der Waals surface area contributed by atoms with Crippen LogP contribution in [0.1, 0.15) is 40.3 Å². The van der Waals surface area contributed by atoms with E-state index in [4.69, 9.17) is 9.47 Å². The van der Waals surface area contributed by atoms with Gasteiger partial charge in [0.15, 0.2) is 0 Å². The predicted molar refractivity (Wildman–Crippen MR) is 86.8 cm³/mol. The van der Waals surface area contributed by atoms with Crippen molar-refractivity contribution < 1.29 is 14.3 Å². The van der Waals surface area contributed by atoms with Gasteiger partial charge < -0.3 is 9.47 Å². The van der Waals surface area contributed by atoms with Crippen molar-refractivity contribution in [2.24, 2.45) is 0 Å². The molecular formula is C17H16N2O3S. The van der Waals surface area contributed by atoms with E-state index in [1.54, 1.807) is 19.9 Å². The van der Waals surface area contributed by atoms with Crippen LogP contribution in [-0.2, 0) is 11.2 Å². The van der Waals surface area contributed by atoms with Crippen LogP contribution in [0.15, 0.2) is 12.1 Å². The molecule has 0 radical (unpaired) electrons. The number of carbonyl (C=O) groups excluding carboxylic acids is 1. The van der Waals surface area contributed by atoms with Crippen molar-refractivity contribution in [3.05, 3.63) is 33.8 Å². The summed E-state index contributed by atoms with van der Waals surface area (Å²) in [6.45, 7) is 5.87. The van der Waals surface area contributed by atoms with Crippen molar-refractivity contribution in [2.75, 3.05) is 6.61 Å². The minimum atomic E-state index is -0.354. The molecule has 2 aromatic rings. The number of aromatic nitrogens is 1. The first-order chi connectivity index (χ1) is 11.0. The van der Waals surface area contributed by atoms with Gasteiger partial charge >= 0.3 is 5.97 Å². The molecular weight excluding hydrogens is 312 g/mol. The van der Waals surface area contributed by atoms with Crippen molar-refractivity contribution >= 4 is 17.3 Å². The molecule has 6 heteroatoms. The van der Waals surface area contributed by atoms with Crippen LogP contribution in [0.25, 0.3) is 10.6 Å². The number of nitrogens with zero attached hydrogens (tertiary/aromatic N) is 2. The van der Waals surface area contributed by atoms with Gasteiger partial charge in [0.2, 0.25) is 0 Å². The number of benzene rings is 1. The van der Waals surface area contributed by atoms with Crippen LogP contribution in [0.3, 0.4) is 0 Å². The summed E-state index contributed by atoms with van der Waals surface area (Å²) in [5.41, 5.74) is 3.00. The molecule has 0 N–H and O–H groups in total. The second-order valence-electron chi connectivity index (χ2n) is 5.41. The molecule has 118 valence electrons. The molecule has 0 fully saturated rings. The first-order valence-corrected chi connectivity index (χ1v) is 8.23. The molecule has 1 aliphatic rings. The summed E-state index contributed by atoms with van der Waals surface area (Å²) in [6, 6.07) is 5.94. The first-order valence-electron chi connectivity index (χ1n) is 7.42. The van der Waals surface area contributed by atoms with E-state index in [-0.39, 0.29) is 12.1 Å². The summed E-state index contributed by atoms with van der Waals surface area (Å²) >= 11 is 1.29. The second kappa shape index (κ2) is 6.01. The molecule has 1 atom stereocenters. The predicted octanol–water partition coefficient (Wildman–Crippen LogP) is 3.49. The molecule has 5 nitrogen and oxygen atoms in total. The Morgan fingerprint density at radius 3 is 3.04 bits per heavy atom. The largest absolute Gasteiger partial charge is 0.489 e. The molecule has 23 heavy (non-hydrogen) atoms. The Morgan fingerprint density at radius 1 is 1.57 bits per heavy atom. The average Bonchev–Trinajstić information content (AvgIpc) is 3.08. The number of esters is 1. The SMILES string of the molecule is CCOC(=O)c1sc(-c2cc(C#N)c3c(c2)CC(C)O3)nc1C. The highest BCUT2D eigenvalue weighted by molar-refractivity contribution is 7.17. The van der Waals surface area contributed by atoms with Gasteiger partial charge in [-0.2, -0.15) is 5.26 Å². The van der Waals surface area contributed by atoms with Gasteiger partial charge in [-0.3, -0.25) is 0 Å². The van der Waals surface area contributed by atoms with E-state index in [2.05, 4.69) is 11.1 Å². The monoisotopic (exact) mass is 328 g/mol. The van der Waals surface area contributed by atoms with Gasteiger partial charge in [0, 0.05) is 12.0 Å². The molecule has 0 amide bonds. The Bertz CT molecular complexity index is 820. The smallest absolute Gasteiger partial charge is 0.350 e. The molecule has 2 heterocycles. The Labute approximate surface area is 138 Å². The lowest BCUT2D eigenvalue weighted by molar-refractivity contribution is 0.0531. The Balaban J connectivity index is 2.04. The van der Waals surface area contributed by atoms with Gasteiger partial charge in [-0.1, -0.05) is 0 Å². The third kappa shape index (κ3) is 2.80. The molecule has 0 bridgehead atoms. The molecule has 3 rings (SSSR count). The van der Waals surface area contributed by atoms with Gasteiger partial charge in [0.1, 0.15) is 27.8 Å². The summed E-state index contributed by atoms with van der Waals surface area (Å²) in [7, 11) is 0. The maximum absolute atomic E-state index is 11.9. The fourth-order valence-electron chi connectivity index (χ4n) is 2.64. The molecule has 0 saturated carbocycles. The van der Waals surface area contributed by atoms with Gasteiger partial charge in [0.05, 0.1) is 17.9 Å². The summed E-state index contributed by atoms with van der Waals surface area (Å²) < 4.78 is 10.8. The van der Waals surface area contributed by atoms with E-state index in [0.717, 1.165) is 17.5 Å². The minimum absolute atomic E-state index is 0.0699. The lowest BCUT2D eigenvalue weighted by atomic mass is 10.0. The van der Waals surface area contributed by atoms with E-state index in [9.17, 15) is 10.1 Å². The third-order valence-corrected chi connectivity index (χ3v) is 4.80. The normalized spacial score (nSPS) is 15.7. The van der Waals surface area contributed by atoms with Crippen molar-refractivity contribution in [3.8, 4) is 22.4 Å². The van der Waals surface area contributed by atoms with Crippen molar-refractivity contribution in [3.63, 3.8) is 0 Å². The Kier molecular flexibility index (Phi) is 4.05. The molecule has 0 aliphatic carbocycles. The van der Waals surface area contributed by atoms with Crippen LogP contribution in [0.2, 0.25) is 0 Å². The highest BCUT2D eigenvalue weighted by Crippen LogP contribution is 2.38. The Hall–Kier alpha value is -2.39. The second-order valence-corrected chi connectivity index (χ2v) is 6.41. The summed E-state index contributed by atoms with van der Waals surface area (Å²) in [4.78, 5) is 16.9. The number of ether oxygens (including phenoxy) is 2. The summed E-state index contributed by atoms with van der Waals surface area (Å²) in [6.07, 6.45) is 0.841. The number of aryl methyl sites for hydroxylation is 1. The molecule has 0 saturated heterocycles. The number of hydrogen-bond acceptors (Lipinski definition) is 6. The van der Waals surface area contributed by atoms with Crippen molar-refractivity contribution in [1.82, 2.24) is 4.98 Å². The molecule has 0 spiro atoms. The topological polar surface area (TPSA) is 72.2 Å². The van der Waals surface area contributed by atoms with Gasteiger partial charge in [-0.05, 0) is 38.5 Å². The van der Waals surface area contributed by atoms with Gasteiger partial charge in [-0.25, -0.2) is 9.78 Å².